The van der Waals surface area contributed by atoms with Gasteiger partial charge in [-0.05, 0) is 56.5 Å². The average molecular weight is 400 g/mol. The fourth-order valence-electron chi connectivity index (χ4n) is 4.00. The molecule has 5 rings (SSSR count). The van der Waals surface area contributed by atoms with E-state index in [1.54, 1.807) is 13.0 Å². The zero-order valence-electron chi connectivity index (χ0n) is 17.1. The van der Waals surface area contributed by atoms with Crippen molar-refractivity contribution in [3.63, 3.8) is 0 Å². The maximum atomic E-state index is 13.6. The Kier molecular flexibility index (Phi) is 3.93. The molecule has 0 bridgehead atoms. The highest BCUT2D eigenvalue weighted by Gasteiger charge is 2.44. The predicted molar refractivity (Wildman–Crippen MR) is 113 cm³/mol. The Morgan fingerprint density at radius 1 is 0.933 bits per heavy atom. The first-order valence-electron chi connectivity index (χ1n) is 9.76. The van der Waals surface area contributed by atoms with Gasteiger partial charge in [0.05, 0.1) is 17.0 Å². The quantitative estimate of drug-likeness (QED) is 0.485. The lowest BCUT2D eigenvalue weighted by Crippen LogP contribution is -2.29. The van der Waals surface area contributed by atoms with Crippen molar-refractivity contribution in [2.75, 3.05) is 4.90 Å². The summed E-state index contributed by atoms with van der Waals surface area (Å²) in [5, 5.41) is 4.51. The summed E-state index contributed by atoms with van der Waals surface area (Å²) in [6.07, 6.45) is 0. The van der Waals surface area contributed by atoms with Crippen LogP contribution in [0, 0.1) is 27.7 Å². The van der Waals surface area contributed by atoms with E-state index in [-0.39, 0.29) is 11.2 Å². The second-order valence-electron chi connectivity index (χ2n) is 7.89. The molecule has 0 spiro atoms. The molecule has 2 aromatic heterocycles. The van der Waals surface area contributed by atoms with Crippen molar-refractivity contribution < 1.29 is 13.7 Å². The van der Waals surface area contributed by atoms with Crippen LogP contribution in [0.5, 0.6) is 0 Å². The van der Waals surface area contributed by atoms with E-state index in [4.69, 9.17) is 8.94 Å². The van der Waals surface area contributed by atoms with Crippen molar-refractivity contribution in [3.05, 3.63) is 92.0 Å². The van der Waals surface area contributed by atoms with Crippen LogP contribution in [-0.2, 0) is 0 Å². The van der Waals surface area contributed by atoms with Gasteiger partial charge in [-0.1, -0.05) is 35.0 Å². The first kappa shape index (κ1) is 18.4. The largest absolute Gasteiger partial charge is 0.450 e. The Bertz CT molecular complexity index is 1380. The Labute approximate surface area is 172 Å². The molecule has 4 aromatic rings. The van der Waals surface area contributed by atoms with Crippen LogP contribution in [0.1, 0.15) is 50.2 Å². The van der Waals surface area contributed by atoms with E-state index in [2.05, 4.69) is 5.16 Å². The fourth-order valence-corrected chi connectivity index (χ4v) is 4.00. The zero-order chi connectivity index (χ0) is 21.2. The van der Waals surface area contributed by atoms with Crippen LogP contribution in [0.3, 0.4) is 0 Å². The van der Waals surface area contributed by atoms with Crippen LogP contribution < -0.4 is 10.3 Å². The van der Waals surface area contributed by atoms with Crippen LogP contribution in [-0.4, -0.2) is 11.1 Å². The molecule has 0 saturated heterocycles. The maximum absolute atomic E-state index is 13.6. The second kappa shape index (κ2) is 6.42. The molecule has 0 saturated carbocycles. The Morgan fingerprint density at radius 2 is 1.63 bits per heavy atom. The molecule has 2 aromatic carbocycles. The van der Waals surface area contributed by atoms with Gasteiger partial charge in [-0.3, -0.25) is 14.5 Å². The van der Waals surface area contributed by atoms with Crippen LogP contribution in [0.4, 0.5) is 5.82 Å². The summed E-state index contributed by atoms with van der Waals surface area (Å²) >= 11 is 0. The Hall–Kier alpha value is -3.67. The number of carbonyl (C=O) groups is 1. The molecule has 6 nitrogen and oxygen atoms in total. The molecule has 0 aliphatic carbocycles. The van der Waals surface area contributed by atoms with Crippen LogP contribution in [0.15, 0.2) is 56.2 Å². The third-order valence-corrected chi connectivity index (χ3v) is 5.74. The summed E-state index contributed by atoms with van der Waals surface area (Å²) in [7, 11) is 0. The summed E-state index contributed by atoms with van der Waals surface area (Å²) in [6.45, 7) is 7.65. The number of hydrogen-bond acceptors (Lipinski definition) is 5. The molecule has 0 fully saturated rings. The van der Waals surface area contributed by atoms with Crippen molar-refractivity contribution in [1.82, 2.24) is 5.16 Å². The number of nitrogens with zero attached hydrogens (tertiary/aromatic N) is 2. The van der Waals surface area contributed by atoms with Crippen molar-refractivity contribution >= 4 is 22.7 Å². The van der Waals surface area contributed by atoms with E-state index in [1.807, 2.05) is 57.2 Å². The maximum Gasteiger partial charge on any atom is 0.296 e. The van der Waals surface area contributed by atoms with E-state index < -0.39 is 11.9 Å². The van der Waals surface area contributed by atoms with Gasteiger partial charge in [0.15, 0.2) is 11.2 Å². The van der Waals surface area contributed by atoms with Gasteiger partial charge in [0.1, 0.15) is 11.3 Å². The number of rotatable bonds is 2. The lowest BCUT2D eigenvalue weighted by atomic mass is 9.97. The van der Waals surface area contributed by atoms with E-state index in [0.29, 0.717) is 28.1 Å². The minimum absolute atomic E-state index is 0.0574. The highest BCUT2D eigenvalue weighted by Crippen LogP contribution is 2.41. The summed E-state index contributed by atoms with van der Waals surface area (Å²) in [6, 6.07) is 12.4. The van der Waals surface area contributed by atoms with Gasteiger partial charge in [-0.2, -0.15) is 0 Å². The van der Waals surface area contributed by atoms with Crippen molar-refractivity contribution in [2.45, 2.75) is 33.7 Å². The van der Waals surface area contributed by atoms with Gasteiger partial charge in [0.2, 0.25) is 5.76 Å². The molecule has 0 N–H and O–H groups in total. The van der Waals surface area contributed by atoms with E-state index >= 15 is 0 Å². The molecule has 1 atom stereocenters. The lowest BCUT2D eigenvalue weighted by Gasteiger charge is -2.22. The van der Waals surface area contributed by atoms with Crippen LogP contribution >= 0.6 is 0 Å². The third kappa shape index (κ3) is 2.60. The van der Waals surface area contributed by atoms with Crippen molar-refractivity contribution in [3.8, 4) is 0 Å². The number of fused-ring (bicyclic) bond motifs is 2. The van der Waals surface area contributed by atoms with Crippen molar-refractivity contribution in [1.29, 1.82) is 0 Å². The van der Waals surface area contributed by atoms with Gasteiger partial charge < -0.3 is 8.94 Å². The SMILES string of the molecule is Cc1ccc(C2c3c(oc4cc(C)c(C)cc4c3=O)C(=O)N2c2cc(C)on2)cc1. The number of benzene rings is 2. The minimum atomic E-state index is -0.639. The van der Waals surface area contributed by atoms with Crippen LogP contribution in [0.25, 0.3) is 11.0 Å². The molecule has 1 aliphatic rings. The number of anilines is 1. The van der Waals surface area contributed by atoms with E-state index in [0.717, 1.165) is 22.3 Å². The molecule has 1 aliphatic heterocycles. The molecule has 6 heteroatoms. The summed E-state index contributed by atoms with van der Waals surface area (Å²) < 4.78 is 11.2. The number of amides is 1. The topological polar surface area (TPSA) is 76.6 Å². The monoisotopic (exact) mass is 400 g/mol. The van der Waals surface area contributed by atoms with E-state index in [1.165, 1.54) is 4.90 Å². The zero-order valence-corrected chi connectivity index (χ0v) is 17.1. The summed E-state index contributed by atoms with van der Waals surface area (Å²) in [5.41, 5.74) is 4.44. The van der Waals surface area contributed by atoms with Crippen LogP contribution in [0.2, 0.25) is 0 Å². The van der Waals surface area contributed by atoms with E-state index in [9.17, 15) is 9.59 Å². The fraction of sp³-hybridized carbons (Fsp3) is 0.208. The molecule has 3 heterocycles. The third-order valence-electron chi connectivity index (χ3n) is 5.74. The second-order valence-corrected chi connectivity index (χ2v) is 7.89. The van der Waals surface area contributed by atoms with Gasteiger partial charge in [0, 0.05) is 6.07 Å². The Morgan fingerprint density at radius 3 is 2.30 bits per heavy atom. The van der Waals surface area contributed by atoms with Gasteiger partial charge in [-0.25, -0.2) is 0 Å². The molecule has 0 radical (unpaired) electrons. The molecule has 150 valence electrons. The average Bonchev–Trinajstić information content (AvgIpc) is 3.26. The Balaban J connectivity index is 1.83. The lowest BCUT2D eigenvalue weighted by molar-refractivity contribution is 0.0969. The number of aryl methyl sites for hydroxylation is 4. The molecular weight excluding hydrogens is 380 g/mol. The summed E-state index contributed by atoms with van der Waals surface area (Å²) in [5.74, 6) is 0.584. The summed E-state index contributed by atoms with van der Waals surface area (Å²) in [4.78, 5) is 28.5. The first-order valence-corrected chi connectivity index (χ1v) is 9.76. The highest BCUT2D eigenvalue weighted by atomic mass is 16.5. The first-order chi connectivity index (χ1) is 14.3. The van der Waals surface area contributed by atoms with Gasteiger partial charge in [0.25, 0.3) is 5.91 Å². The van der Waals surface area contributed by atoms with Gasteiger partial charge >= 0.3 is 0 Å². The van der Waals surface area contributed by atoms with Gasteiger partial charge in [-0.15, -0.1) is 0 Å². The molecule has 30 heavy (non-hydrogen) atoms. The van der Waals surface area contributed by atoms with Crippen molar-refractivity contribution in [2.24, 2.45) is 0 Å². The molecule has 1 unspecified atom stereocenters. The normalized spacial score (nSPS) is 15.8. The highest BCUT2D eigenvalue weighted by molar-refractivity contribution is 6.10. The number of carbonyl (C=O) groups excluding carboxylic acids is 1. The molecular formula is C24H20N2O4. The number of aromatic nitrogens is 1. The number of hydrogen-bond donors (Lipinski definition) is 0. The molecule has 1 amide bonds. The predicted octanol–water partition coefficient (Wildman–Crippen LogP) is 4.76. The minimum Gasteiger partial charge on any atom is -0.450 e. The smallest absolute Gasteiger partial charge is 0.296 e. The standard InChI is InChI=1S/C24H20N2O4/c1-12-5-7-16(8-6-12)21-20-22(27)17-9-13(2)14(3)10-18(17)29-23(20)24(28)26(21)19-11-15(4)30-25-19/h5-11,21H,1-4H3.